The van der Waals surface area contributed by atoms with Gasteiger partial charge in [0, 0.05) is 61.8 Å². The first-order chi connectivity index (χ1) is 24.8. The van der Waals surface area contributed by atoms with Crippen molar-refractivity contribution in [2.24, 2.45) is 0 Å². The number of nitrogens with zero attached hydrogens (tertiary/aromatic N) is 3. The molecule has 4 aromatic heterocycles. The van der Waals surface area contributed by atoms with Gasteiger partial charge in [-0.3, -0.25) is 4.98 Å². The van der Waals surface area contributed by atoms with E-state index in [1.165, 1.54) is 0 Å². The van der Waals surface area contributed by atoms with Crippen LogP contribution in [0.3, 0.4) is 0 Å². The Morgan fingerprint density at radius 3 is 1.80 bits per heavy atom. The number of benzene rings is 6. The maximum absolute atomic E-state index is 6.72. The Kier molecular flexibility index (Phi) is 6.42. The lowest BCUT2D eigenvalue weighted by Crippen LogP contribution is -1.96. The summed E-state index contributed by atoms with van der Waals surface area (Å²) in [5, 5.41) is 4.20. The van der Waals surface area contributed by atoms with Crippen molar-refractivity contribution in [3.05, 3.63) is 164 Å². The summed E-state index contributed by atoms with van der Waals surface area (Å²) in [5.41, 5.74) is 12.1. The zero-order valence-electron chi connectivity index (χ0n) is 26.7. The van der Waals surface area contributed by atoms with Gasteiger partial charge in [0.1, 0.15) is 22.3 Å². The van der Waals surface area contributed by atoms with E-state index >= 15 is 0 Å². The van der Waals surface area contributed by atoms with E-state index in [4.69, 9.17) is 18.8 Å². The third-order valence-corrected chi connectivity index (χ3v) is 9.45. The lowest BCUT2D eigenvalue weighted by Gasteiger charge is -2.12. The van der Waals surface area contributed by atoms with Crippen molar-refractivity contribution in [1.29, 1.82) is 0 Å². The normalized spacial score (nSPS) is 11.6. The number of hydrogen-bond acceptors (Lipinski definition) is 5. The molecule has 0 saturated heterocycles. The topological polar surface area (TPSA) is 65.0 Å². The monoisotopic (exact) mass is 641 g/mol. The van der Waals surface area contributed by atoms with Crippen LogP contribution in [0.25, 0.3) is 100 Å². The van der Waals surface area contributed by atoms with Gasteiger partial charge in [-0.05, 0) is 47.5 Å². The molecule has 5 heteroatoms. The Bertz CT molecular complexity index is 2850. The van der Waals surface area contributed by atoms with E-state index in [1.807, 2.05) is 73.1 Å². The molecule has 0 bridgehead atoms. The third-order valence-electron chi connectivity index (χ3n) is 9.45. The van der Waals surface area contributed by atoms with Crippen LogP contribution in [0.2, 0.25) is 0 Å². The lowest BCUT2D eigenvalue weighted by atomic mass is 9.95. The summed E-state index contributed by atoms with van der Waals surface area (Å²) in [6, 6.07) is 51.8. The minimum absolute atomic E-state index is 0.653. The van der Waals surface area contributed by atoms with Gasteiger partial charge >= 0.3 is 0 Å². The molecule has 234 valence electrons. The SMILES string of the molecule is c1ccc(-c2cc(-c3ccc(-c4cccc5c4oc4ccccc45)c4oc5ccccc5c34)nc(-c3ccc(-c4ccncc4)cc3)n2)cc1. The van der Waals surface area contributed by atoms with E-state index in [1.54, 1.807) is 0 Å². The number of fused-ring (bicyclic) bond motifs is 6. The fraction of sp³-hybridized carbons (Fsp3) is 0. The lowest BCUT2D eigenvalue weighted by molar-refractivity contribution is 0.665. The summed E-state index contributed by atoms with van der Waals surface area (Å²) in [6.07, 6.45) is 3.62. The summed E-state index contributed by atoms with van der Waals surface area (Å²) in [5.74, 6) is 0.653. The molecule has 0 radical (unpaired) electrons. The largest absolute Gasteiger partial charge is 0.455 e. The first kappa shape index (κ1) is 28.2. The fourth-order valence-electron chi connectivity index (χ4n) is 7.04. The second-order valence-corrected chi connectivity index (χ2v) is 12.4. The van der Waals surface area contributed by atoms with E-state index in [9.17, 15) is 0 Å². The highest BCUT2D eigenvalue weighted by atomic mass is 16.3. The van der Waals surface area contributed by atoms with Gasteiger partial charge in [-0.15, -0.1) is 0 Å². The zero-order chi connectivity index (χ0) is 33.0. The highest BCUT2D eigenvalue weighted by Crippen LogP contribution is 2.44. The van der Waals surface area contributed by atoms with Crippen LogP contribution in [-0.4, -0.2) is 15.0 Å². The van der Waals surface area contributed by atoms with Gasteiger partial charge in [0.25, 0.3) is 0 Å². The summed E-state index contributed by atoms with van der Waals surface area (Å²) in [7, 11) is 0. The van der Waals surface area contributed by atoms with Gasteiger partial charge < -0.3 is 8.83 Å². The molecule has 10 aromatic rings. The summed E-state index contributed by atoms with van der Waals surface area (Å²) in [6.45, 7) is 0. The molecule has 0 atom stereocenters. The predicted molar refractivity (Wildman–Crippen MR) is 202 cm³/mol. The van der Waals surface area contributed by atoms with Crippen LogP contribution in [-0.2, 0) is 0 Å². The van der Waals surface area contributed by atoms with Gasteiger partial charge in [-0.1, -0.05) is 115 Å². The fourth-order valence-corrected chi connectivity index (χ4v) is 7.04. The molecule has 0 N–H and O–H groups in total. The molecule has 50 heavy (non-hydrogen) atoms. The van der Waals surface area contributed by atoms with Crippen molar-refractivity contribution in [3.8, 4) is 56.2 Å². The summed E-state index contributed by atoms with van der Waals surface area (Å²) < 4.78 is 13.2. The van der Waals surface area contributed by atoms with E-state index in [-0.39, 0.29) is 0 Å². The maximum Gasteiger partial charge on any atom is 0.160 e. The molecule has 0 saturated carbocycles. The molecule has 0 unspecified atom stereocenters. The van der Waals surface area contributed by atoms with Crippen LogP contribution in [0.1, 0.15) is 0 Å². The van der Waals surface area contributed by atoms with Crippen LogP contribution in [0, 0.1) is 0 Å². The predicted octanol–water partition coefficient (Wildman–Crippen LogP) is 12.0. The van der Waals surface area contributed by atoms with Crippen LogP contribution in [0.5, 0.6) is 0 Å². The summed E-state index contributed by atoms with van der Waals surface area (Å²) >= 11 is 0. The van der Waals surface area contributed by atoms with E-state index in [0.717, 1.165) is 94.2 Å². The van der Waals surface area contributed by atoms with Crippen molar-refractivity contribution >= 4 is 43.9 Å². The minimum atomic E-state index is 0.653. The Morgan fingerprint density at radius 1 is 0.380 bits per heavy atom. The maximum atomic E-state index is 6.72. The van der Waals surface area contributed by atoms with Gasteiger partial charge in [0.2, 0.25) is 0 Å². The van der Waals surface area contributed by atoms with Crippen molar-refractivity contribution in [3.63, 3.8) is 0 Å². The number of hydrogen-bond donors (Lipinski definition) is 0. The standard InChI is InChI=1S/C45H27N3O2/c1-2-9-30(10-3-1)38-27-39(48-45(47-38)31-19-17-28(18-20-31)29-23-25-46-26-24-29)36-22-21-35(44-42(36)37-12-5-7-16-41(37)50-44)34-14-8-13-33-32-11-4-6-15-40(32)49-43(33)34/h1-27H. The Balaban J connectivity index is 1.20. The van der Waals surface area contributed by atoms with E-state index in [2.05, 4.69) is 96.0 Å². The molecular formula is C45H27N3O2. The first-order valence-corrected chi connectivity index (χ1v) is 16.6. The molecule has 0 aliphatic rings. The molecule has 4 heterocycles. The second kappa shape index (κ2) is 11.4. The molecule has 0 amide bonds. The van der Waals surface area contributed by atoms with Crippen LogP contribution in [0.15, 0.2) is 173 Å². The van der Waals surface area contributed by atoms with Gasteiger partial charge in [-0.2, -0.15) is 0 Å². The second-order valence-electron chi connectivity index (χ2n) is 12.4. The molecule has 0 spiro atoms. The van der Waals surface area contributed by atoms with Crippen molar-refractivity contribution in [1.82, 2.24) is 15.0 Å². The van der Waals surface area contributed by atoms with Gasteiger partial charge in [0.15, 0.2) is 5.82 Å². The van der Waals surface area contributed by atoms with Gasteiger partial charge in [0.05, 0.1) is 11.4 Å². The highest BCUT2D eigenvalue weighted by Gasteiger charge is 2.22. The van der Waals surface area contributed by atoms with Gasteiger partial charge in [-0.25, -0.2) is 9.97 Å². The Hall–Kier alpha value is -6.85. The summed E-state index contributed by atoms with van der Waals surface area (Å²) in [4.78, 5) is 14.5. The van der Waals surface area contributed by atoms with Crippen LogP contribution < -0.4 is 0 Å². The zero-order valence-corrected chi connectivity index (χ0v) is 26.7. The van der Waals surface area contributed by atoms with Crippen molar-refractivity contribution in [2.45, 2.75) is 0 Å². The molecule has 0 aliphatic carbocycles. The first-order valence-electron chi connectivity index (χ1n) is 16.6. The quantitative estimate of drug-likeness (QED) is 0.187. The Labute approximate surface area is 287 Å². The van der Waals surface area contributed by atoms with E-state index in [0.29, 0.717) is 5.82 Å². The molecule has 0 fully saturated rings. The molecule has 6 aromatic carbocycles. The number of aromatic nitrogens is 3. The average molecular weight is 642 g/mol. The molecule has 5 nitrogen and oxygen atoms in total. The third kappa shape index (κ3) is 4.60. The Morgan fingerprint density at radius 2 is 0.980 bits per heavy atom. The number of para-hydroxylation sites is 3. The van der Waals surface area contributed by atoms with E-state index < -0.39 is 0 Å². The van der Waals surface area contributed by atoms with Crippen molar-refractivity contribution < 1.29 is 8.83 Å². The minimum Gasteiger partial charge on any atom is -0.455 e. The smallest absolute Gasteiger partial charge is 0.160 e. The van der Waals surface area contributed by atoms with Crippen molar-refractivity contribution in [2.75, 3.05) is 0 Å². The van der Waals surface area contributed by atoms with Crippen LogP contribution >= 0.6 is 0 Å². The number of pyridine rings is 1. The molecule has 10 rings (SSSR count). The average Bonchev–Trinajstić information content (AvgIpc) is 3.78. The number of furan rings is 2. The number of rotatable bonds is 5. The molecular weight excluding hydrogens is 615 g/mol. The molecule has 0 aliphatic heterocycles. The highest BCUT2D eigenvalue weighted by molar-refractivity contribution is 6.18. The van der Waals surface area contributed by atoms with Crippen LogP contribution in [0.4, 0.5) is 0 Å².